The van der Waals surface area contributed by atoms with Gasteiger partial charge in [-0.05, 0) is 29.5 Å². The SMILES string of the molecule is CC(C)(CC(N)=O)CC(N)c1ccc(F)c(F)c1. The molecule has 1 amide bonds. The number of halogens is 2. The highest BCUT2D eigenvalue weighted by molar-refractivity contribution is 5.74. The van der Waals surface area contributed by atoms with E-state index in [1.54, 1.807) is 0 Å². The summed E-state index contributed by atoms with van der Waals surface area (Å²) in [5.74, 6) is -2.23. The summed E-state index contributed by atoms with van der Waals surface area (Å²) in [6, 6.07) is 3.12. The Morgan fingerprint density at radius 1 is 1.33 bits per heavy atom. The fourth-order valence-corrected chi connectivity index (χ4v) is 2.00. The Kier molecular flexibility index (Phi) is 4.40. The average Bonchev–Trinajstić information content (AvgIpc) is 2.19. The highest BCUT2D eigenvalue weighted by Gasteiger charge is 2.24. The number of hydrogen-bond acceptors (Lipinski definition) is 2. The van der Waals surface area contributed by atoms with Crippen molar-refractivity contribution < 1.29 is 13.6 Å². The molecule has 100 valence electrons. The number of amides is 1. The van der Waals surface area contributed by atoms with Gasteiger partial charge < -0.3 is 11.5 Å². The summed E-state index contributed by atoms with van der Waals surface area (Å²) in [5, 5.41) is 0. The molecule has 0 aliphatic heterocycles. The summed E-state index contributed by atoms with van der Waals surface area (Å²) < 4.78 is 25.9. The zero-order chi connectivity index (χ0) is 13.9. The van der Waals surface area contributed by atoms with Crippen molar-refractivity contribution >= 4 is 5.91 Å². The minimum atomic E-state index is -0.921. The zero-order valence-electron chi connectivity index (χ0n) is 10.5. The lowest BCUT2D eigenvalue weighted by Gasteiger charge is -2.26. The van der Waals surface area contributed by atoms with Crippen molar-refractivity contribution in [2.75, 3.05) is 0 Å². The maximum atomic E-state index is 13.1. The lowest BCUT2D eigenvalue weighted by atomic mass is 9.81. The van der Waals surface area contributed by atoms with Gasteiger partial charge in [0.05, 0.1) is 0 Å². The minimum Gasteiger partial charge on any atom is -0.370 e. The molecule has 3 nitrogen and oxygen atoms in total. The second-order valence-corrected chi connectivity index (χ2v) is 5.29. The molecule has 1 aromatic rings. The summed E-state index contributed by atoms with van der Waals surface area (Å²) in [5.41, 5.74) is 11.2. The predicted octanol–water partition coefficient (Wildman–Crippen LogP) is 2.26. The van der Waals surface area contributed by atoms with Gasteiger partial charge in [0, 0.05) is 12.5 Å². The van der Waals surface area contributed by atoms with E-state index in [1.165, 1.54) is 6.07 Å². The first-order valence-electron chi connectivity index (χ1n) is 5.70. The molecule has 0 saturated carbocycles. The first-order valence-corrected chi connectivity index (χ1v) is 5.70. The van der Waals surface area contributed by atoms with Crippen LogP contribution in [-0.4, -0.2) is 5.91 Å². The third-order valence-electron chi connectivity index (χ3n) is 2.80. The number of carbonyl (C=O) groups is 1. The highest BCUT2D eigenvalue weighted by atomic mass is 19.2. The van der Waals surface area contributed by atoms with Crippen molar-refractivity contribution in [2.24, 2.45) is 16.9 Å². The van der Waals surface area contributed by atoms with Gasteiger partial charge in [-0.25, -0.2) is 8.78 Å². The molecule has 0 aromatic heterocycles. The van der Waals surface area contributed by atoms with Gasteiger partial charge in [-0.15, -0.1) is 0 Å². The topological polar surface area (TPSA) is 69.1 Å². The number of nitrogens with two attached hydrogens (primary N) is 2. The van der Waals surface area contributed by atoms with E-state index in [1.807, 2.05) is 13.8 Å². The van der Waals surface area contributed by atoms with Gasteiger partial charge in [0.2, 0.25) is 5.91 Å². The molecular weight excluding hydrogens is 238 g/mol. The lowest BCUT2D eigenvalue weighted by molar-refractivity contribution is -0.120. The smallest absolute Gasteiger partial charge is 0.217 e. The van der Waals surface area contributed by atoms with E-state index in [0.717, 1.165) is 12.1 Å². The highest BCUT2D eigenvalue weighted by Crippen LogP contribution is 2.31. The Morgan fingerprint density at radius 3 is 2.44 bits per heavy atom. The van der Waals surface area contributed by atoms with Crippen LogP contribution in [-0.2, 0) is 4.79 Å². The minimum absolute atomic E-state index is 0.199. The molecule has 1 aromatic carbocycles. The van der Waals surface area contributed by atoms with Gasteiger partial charge in [0.25, 0.3) is 0 Å². The van der Waals surface area contributed by atoms with Gasteiger partial charge in [-0.3, -0.25) is 4.79 Å². The van der Waals surface area contributed by atoms with Gasteiger partial charge in [0.1, 0.15) is 0 Å². The number of primary amides is 1. The number of carbonyl (C=O) groups excluding carboxylic acids is 1. The van der Waals surface area contributed by atoms with E-state index in [-0.39, 0.29) is 11.8 Å². The molecule has 1 unspecified atom stereocenters. The molecule has 18 heavy (non-hydrogen) atoms. The second-order valence-electron chi connectivity index (χ2n) is 5.29. The van der Waals surface area contributed by atoms with Gasteiger partial charge in [-0.2, -0.15) is 0 Å². The van der Waals surface area contributed by atoms with Crippen molar-refractivity contribution in [3.05, 3.63) is 35.4 Å². The molecule has 1 atom stereocenters. The van der Waals surface area contributed by atoms with Crippen molar-refractivity contribution in [3.8, 4) is 0 Å². The molecule has 0 radical (unpaired) electrons. The summed E-state index contributed by atoms with van der Waals surface area (Å²) in [4.78, 5) is 10.9. The van der Waals surface area contributed by atoms with Crippen molar-refractivity contribution in [2.45, 2.75) is 32.7 Å². The van der Waals surface area contributed by atoms with Crippen LogP contribution >= 0.6 is 0 Å². The number of benzene rings is 1. The fraction of sp³-hybridized carbons (Fsp3) is 0.462. The second kappa shape index (κ2) is 5.44. The first kappa shape index (κ1) is 14.6. The zero-order valence-corrected chi connectivity index (χ0v) is 10.5. The monoisotopic (exact) mass is 256 g/mol. The van der Waals surface area contributed by atoms with Gasteiger partial charge in [-0.1, -0.05) is 19.9 Å². The average molecular weight is 256 g/mol. The third kappa shape index (κ3) is 4.07. The third-order valence-corrected chi connectivity index (χ3v) is 2.80. The van der Waals surface area contributed by atoms with Crippen molar-refractivity contribution in [1.29, 1.82) is 0 Å². The standard InChI is InChI=1S/C13H18F2N2O/c1-13(2,7-12(17)18)6-11(16)8-3-4-9(14)10(15)5-8/h3-5,11H,6-7,16H2,1-2H3,(H2,17,18). The largest absolute Gasteiger partial charge is 0.370 e. The Hall–Kier alpha value is -1.49. The molecule has 0 aliphatic rings. The van der Waals surface area contributed by atoms with E-state index in [2.05, 4.69) is 0 Å². The van der Waals surface area contributed by atoms with E-state index in [9.17, 15) is 13.6 Å². The van der Waals surface area contributed by atoms with Gasteiger partial charge in [0.15, 0.2) is 11.6 Å². The van der Waals surface area contributed by atoms with Crippen LogP contribution in [0.3, 0.4) is 0 Å². The van der Waals surface area contributed by atoms with Crippen molar-refractivity contribution in [3.63, 3.8) is 0 Å². The number of hydrogen-bond donors (Lipinski definition) is 2. The summed E-state index contributed by atoms with van der Waals surface area (Å²) >= 11 is 0. The molecule has 0 bridgehead atoms. The Balaban J connectivity index is 2.78. The summed E-state index contributed by atoms with van der Waals surface area (Å²) in [7, 11) is 0. The van der Waals surface area contributed by atoms with Crippen LogP contribution in [0.15, 0.2) is 18.2 Å². The van der Waals surface area contributed by atoms with Crippen LogP contribution in [0.5, 0.6) is 0 Å². The van der Waals surface area contributed by atoms with Crippen LogP contribution in [0.1, 0.15) is 38.3 Å². The summed E-state index contributed by atoms with van der Waals surface area (Å²) in [6.07, 6.45) is 0.658. The molecule has 0 aliphatic carbocycles. The van der Waals surface area contributed by atoms with E-state index >= 15 is 0 Å². The molecule has 4 N–H and O–H groups in total. The van der Waals surface area contributed by atoms with E-state index < -0.39 is 23.6 Å². The molecule has 5 heteroatoms. The van der Waals surface area contributed by atoms with Crippen molar-refractivity contribution in [1.82, 2.24) is 0 Å². The summed E-state index contributed by atoms with van der Waals surface area (Å²) in [6.45, 7) is 3.72. The predicted molar refractivity (Wildman–Crippen MR) is 65.5 cm³/mol. The van der Waals surface area contributed by atoms with Crippen LogP contribution in [0, 0.1) is 17.0 Å². The Labute approximate surface area is 105 Å². The maximum absolute atomic E-state index is 13.1. The van der Waals surface area contributed by atoms with Crippen LogP contribution in [0.25, 0.3) is 0 Å². The molecule has 1 rings (SSSR count). The van der Waals surface area contributed by atoms with Crippen LogP contribution in [0.4, 0.5) is 8.78 Å². The maximum Gasteiger partial charge on any atom is 0.217 e. The lowest BCUT2D eigenvalue weighted by Crippen LogP contribution is -2.27. The number of rotatable bonds is 5. The molecule has 0 fully saturated rings. The molecule has 0 saturated heterocycles. The van der Waals surface area contributed by atoms with E-state index in [0.29, 0.717) is 12.0 Å². The van der Waals surface area contributed by atoms with E-state index in [4.69, 9.17) is 11.5 Å². The molecule has 0 spiro atoms. The Morgan fingerprint density at radius 2 is 1.94 bits per heavy atom. The fourth-order valence-electron chi connectivity index (χ4n) is 2.00. The molecular formula is C13H18F2N2O. The Bertz CT molecular complexity index is 447. The van der Waals surface area contributed by atoms with Crippen LogP contribution in [0.2, 0.25) is 0 Å². The normalized spacial score (nSPS) is 13.4. The van der Waals surface area contributed by atoms with Gasteiger partial charge >= 0.3 is 0 Å². The quantitative estimate of drug-likeness (QED) is 0.848. The molecule has 0 heterocycles. The van der Waals surface area contributed by atoms with Crippen LogP contribution < -0.4 is 11.5 Å². The first-order chi connectivity index (χ1) is 8.21.